The van der Waals surface area contributed by atoms with Crippen molar-refractivity contribution in [1.82, 2.24) is 4.98 Å². The average Bonchev–Trinajstić information content (AvgIpc) is 3.17. The fourth-order valence-electron chi connectivity index (χ4n) is 3.76. The first-order valence-corrected chi connectivity index (χ1v) is 9.66. The minimum absolute atomic E-state index is 0.352. The van der Waals surface area contributed by atoms with Crippen molar-refractivity contribution in [2.24, 2.45) is 5.73 Å². The molecule has 27 heavy (non-hydrogen) atoms. The van der Waals surface area contributed by atoms with Crippen LogP contribution in [0, 0.1) is 6.92 Å². The maximum absolute atomic E-state index is 12.8. The highest BCUT2D eigenvalue weighted by atomic mass is 32.1. The van der Waals surface area contributed by atoms with Crippen molar-refractivity contribution in [2.45, 2.75) is 32.6 Å². The molecule has 0 bridgehead atoms. The number of para-hydroxylation sites is 1. The normalized spacial score (nSPS) is 13.4. The molecule has 4 rings (SSSR count). The van der Waals surface area contributed by atoms with Gasteiger partial charge in [-0.3, -0.25) is 14.4 Å². The smallest absolute Gasteiger partial charge is 0.297 e. The minimum Gasteiger partial charge on any atom is -0.365 e. The van der Waals surface area contributed by atoms with Crippen molar-refractivity contribution in [2.75, 3.05) is 5.32 Å². The molecule has 0 aliphatic heterocycles. The van der Waals surface area contributed by atoms with Crippen LogP contribution in [0.3, 0.4) is 0 Å². The van der Waals surface area contributed by atoms with E-state index in [2.05, 4.69) is 10.3 Å². The summed E-state index contributed by atoms with van der Waals surface area (Å²) in [7, 11) is 0. The van der Waals surface area contributed by atoms with Crippen LogP contribution in [-0.2, 0) is 17.6 Å². The fraction of sp³-hybridized carbons (Fsp3) is 0.250. The van der Waals surface area contributed by atoms with Crippen LogP contribution in [0.1, 0.15) is 49.7 Å². The van der Waals surface area contributed by atoms with Gasteiger partial charge in [0.15, 0.2) is 0 Å². The zero-order chi connectivity index (χ0) is 19.1. The van der Waals surface area contributed by atoms with Crippen molar-refractivity contribution in [1.29, 1.82) is 0 Å². The molecule has 0 saturated carbocycles. The molecule has 2 aromatic heterocycles. The highest BCUT2D eigenvalue weighted by Gasteiger charge is 2.28. The van der Waals surface area contributed by atoms with Crippen molar-refractivity contribution in [3.63, 3.8) is 0 Å². The Labute approximate surface area is 159 Å². The molecule has 0 atom stereocenters. The summed E-state index contributed by atoms with van der Waals surface area (Å²) >= 11 is 1.35. The van der Waals surface area contributed by atoms with E-state index in [-0.39, 0.29) is 0 Å². The summed E-state index contributed by atoms with van der Waals surface area (Å²) in [6.45, 7) is 1.76. The third-order valence-corrected chi connectivity index (χ3v) is 6.18. The van der Waals surface area contributed by atoms with Gasteiger partial charge in [0.1, 0.15) is 5.00 Å². The quantitative estimate of drug-likeness (QED) is 0.477. The minimum atomic E-state index is -0.760. The number of aromatic amines is 1. The van der Waals surface area contributed by atoms with Gasteiger partial charge in [0.25, 0.3) is 17.6 Å². The van der Waals surface area contributed by atoms with Crippen LogP contribution in [0.25, 0.3) is 10.9 Å². The molecule has 0 fully saturated rings. The van der Waals surface area contributed by atoms with Crippen molar-refractivity contribution < 1.29 is 14.4 Å². The molecule has 2 heterocycles. The lowest BCUT2D eigenvalue weighted by atomic mass is 9.95. The molecular weight excluding hydrogens is 362 g/mol. The molecule has 0 saturated heterocycles. The maximum atomic E-state index is 12.8. The Bertz CT molecular complexity index is 1090. The van der Waals surface area contributed by atoms with E-state index in [4.69, 9.17) is 5.73 Å². The molecule has 3 aromatic rings. The number of nitrogens with one attached hydrogen (secondary N) is 2. The maximum Gasteiger partial charge on any atom is 0.297 e. The number of fused-ring (bicyclic) bond motifs is 2. The largest absolute Gasteiger partial charge is 0.365 e. The summed E-state index contributed by atoms with van der Waals surface area (Å²) in [6.07, 6.45) is 3.68. The second-order valence-electron chi connectivity index (χ2n) is 6.73. The van der Waals surface area contributed by atoms with Gasteiger partial charge in [-0.05, 0) is 44.2 Å². The van der Waals surface area contributed by atoms with Gasteiger partial charge in [-0.25, -0.2) is 0 Å². The van der Waals surface area contributed by atoms with Crippen LogP contribution >= 0.6 is 11.3 Å². The number of H-pyrrole nitrogens is 1. The molecule has 1 aliphatic carbocycles. The van der Waals surface area contributed by atoms with E-state index in [0.717, 1.165) is 41.6 Å². The second-order valence-corrected chi connectivity index (χ2v) is 7.84. The van der Waals surface area contributed by atoms with Gasteiger partial charge in [-0.2, -0.15) is 0 Å². The first kappa shape index (κ1) is 17.5. The highest BCUT2D eigenvalue weighted by Crippen LogP contribution is 2.38. The number of ketones is 1. The van der Waals surface area contributed by atoms with E-state index in [1.165, 1.54) is 11.3 Å². The standard InChI is InChI=1S/C20H19N3O3S/c1-10-15(11-6-2-4-8-13(11)22-10)17(24)19(26)23-20-16(18(21)25)12-7-3-5-9-14(12)27-20/h2,4,6,8,22H,3,5,7,9H2,1H3,(H2,21,25)(H,23,26). The van der Waals surface area contributed by atoms with Crippen LogP contribution in [0.15, 0.2) is 24.3 Å². The van der Waals surface area contributed by atoms with Crippen LogP contribution in [0.5, 0.6) is 0 Å². The molecule has 2 amide bonds. The Kier molecular flexibility index (Phi) is 4.31. The van der Waals surface area contributed by atoms with Crippen molar-refractivity contribution in [3.8, 4) is 0 Å². The lowest BCUT2D eigenvalue weighted by Gasteiger charge is -2.11. The summed E-state index contributed by atoms with van der Waals surface area (Å²) in [5, 5.41) is 3.73. The Morgan fingerprint density at radius 1 is 1.11 bits per heavy atom. The molecule has 4 N–H and O–H groups in total. The van der Waals surface area contributed by atoms with Crippen molar-refractivity contribution >= 4 is 44.8 Å². The summed E-state index contributed by atoms with van der Waals surface area (Å²) in [5.74, 6) is -1.96. The third kappa shape index (κ3) is 2.94. The van der Waals surface area contributed by atoms with E-state index in [0.29, 0.717) is 27.2 Å². The number of hydrogen-bond donors (Lipinski definition) is 3. The monoisotopic (exact) mass is 381 g/mol. The Balaban J connectivity index is 1.68. The number of nitrogens with two attached hydrogens (primary N) is 1. The van der Waals surface area contributed by atoms with Crippen molar-refractivity contribution in [3.05, 3.63) is 51.5 Å². The number of benzene rings is 1. The second kappa shape index (κ2) is 6.66. The van der Waals surface area contributed by atoms with E-state index >= 15 is 0 Å². The number of primary amides is 1. The lowest BCUT2D eigenvalue weighted by Crippen LogP contribution is -2.25. The average molecular weight is 381 g/mol. The predicted molar refractivity (Wildman–Crippen MR) is 105 cm³/mol. The first-order chi connectivity index (χ1) is 13.0. The van der Waals surface area contributed by atoms with Gasteiger partial charge in [0, 0.05) is 21.5 Å². The Hall–Kier alpha value is -2.93. The van der Waals surface area contributed by atoms with Gasteiger partial charge in [0.05, 0.1) is 11.1 Å². The zero-order valence-electron chi connectivity index (χ0n) is 14.8. The van der Waals surface area contributed by atoms with E-state index in [9.17, 15) is 14.4 Å². The topological polar surface area (TPSA) is 105 Å². The number of Topliss-reactive ketones (excluding diaryl/α,β-unsaturated/α-hetero) is 1. The molecule has 1 aromatic carbocycles. The molecule has 6 nitrogen and oxygen atoms in total. The molecule has 1 aliphatic rings. The fourth-order valence-corrected chi connectivity index (χ4v) is 5.05. The number of rotatable bonds is 4. The zero-order valence-corrected chi connectivity index (χ0v) is 15.7. The summed E-state index contributed by atoms with van der Waals surface area (Å²) < 4.78 is 0. The predicted octanol–water partition coefficient (Wildman–Crippen LogP) is 3.34. The van der Waals surface area contributed by atoms with E-state index in [1.807, 2.05) is 18.2 Å². The summed E-state index contributed by atoms with van der Waals surface area (Å²) in [5.41, 5.74) is 8.62. The molecule has 0 unspecified atom stereocenters. The lowest BCUT2D eigenvalue weighted by molar-refractivity contribution is -0.112. The third-order valence-electron chi connectivity index (χ3n) is 4.97. The Morgan fingerprint density at radius 3 is 2.63 bits per heavy atom. The van der Waals surface area contributed by atoms with Crippen LogP contribution < -0.4 is 11.1 Å². The number of amides is 2. The van der Waals surface area contributed by atoms with Gasteiger partial charge in [-0.15, -0.1) is 11.3 Å². The number of carbonyl (C=O) groups excluding carboxylic acids is 3. The van der Waals surface area contributed by atoms with Gasteiger partial charge in [0.2, 0.25) is 0 Å². The SMILES string of the molecule is Cc1[nH]c2ccccc2c1C(=O)C(=O)Nc1sc2c(c1C(N)=O)CCCC2. The van der Waals surface area contributed by atoms with E-state index < -0.39 is 17.6 Å². The van der Waals surface area contributed by atoms with Gasteiger partial charge >= 0.3 is 0 Å². The Morgan fingerprint density at radius 2 is 1.85 bits per heavy atom. The summed E-state index contributed by atoms with van der Waals surface area (Å²) in [6, 6.07) is 7.35. The van der Waals surface area contributed by atoms with Crippen LogP contribution in [-0.4, -0.2) is 22.6 Å². The molecular formula is C20H19N3O3S. The molecule has 0 spiro atoms. The first-order valence-electron chi connectivity index (χ1n) is 8.84. The van der Waals surface area contributed by atoms with Crippen LogP contribution in [0.2, 0.25) is 0 Å². The summed E-state index contributed by atoms with van der Waals surface area (Å²) in [4.78, 5) is 41.6. The molecule has 7 heteroatoms. The number of carbonyl (C=O) groups is 3. The number of anilines is 1. The van der Waals surface area contributed by atoms with Gasteiger partial charge in [-0.1, -0.05) is 18.2 Å². The molecule has 138 valence electrons. The van der Waals surface area contributed by atoms with E-state index in [1.54, 1.807) is 13.0 Å². The number of hydrogen-bond acceptors (Lipinski definition) is 4. The van der Waals surface area contributed by atoms with Gasteiger partial charge < -0.3 is 16.0 Å². The molecule has 0 radical (unpaired) electrons. The highest BCUT2D eigenvalue weighted by molar-refractivity contribution is 7.17. The van der Waals surface area contributed by atoms with Crippen LogP contribution in [0.4, 0.5) is 5.00 Å². The number of aromatic nitrogens is 1. The number of aryl methyl sites for hydroxylation is 2. The number of thiophene rings is 1.